The van der Waals surface area contributed by atoms with Gasteiger partial charge in [-0.3, -0.25) is 0 Å². The van der Waals surface area contributed by atoms with Gasteiger partial charge in [0.1, 0.15) is 0 Å². The molecule has 0 radical (unpaired) electrons. The quantitative estimate of drug-likeness (QED) is 0.544. The van der Waals surface area contributed by atoms with Crippen LogP contribution in [0, 0.1) is 13.8 Å². The van der Waals surface area contributed by atoms with E-state index in [0.29, 0.717) is 0 Å². The Morgan fingerprint density at radius 3 is 1.26 bits per heavy atom. The van der Waals surface area contributed by atoms with Crippen LogP contribution in [-0.2, 0) is 6.42 Å². The molecule has 0 heterocycles. The molecule has 0 aliphatic carbocycles. The third kappa shape index (κ3) is 3.45. The molecule has 116 valence electrons. The Morgan fingerprint density at radius 2 is 0.913 bits per heavy atom. The van der Waals surface area contributed by atoms with Gasteiger partial charge in [0.05, 0.1) is 0 Å². The lowest BCUT2D eigenvalue weighted by Crippen LogP contribution is -2.09. The van der Waals surface area contributed by atoms with Crippen LogP contribution in [0.3, 0.4) is 0 Å². The summed E-state index contributed by atoms with van der Waals surface area (Å²) in [6, 6.07) is 26.2. The SMILES string of the molecule is CCc1ccc(N(c2ccc(C)cc2)c2ccc(C)cc2)cc1. The van der Waals surface area contributed by atoms with Gasteiger partial charge in [-0.25, -0.2) is 0 Å². The Hall–Kier alpha value is -2.54. The smallest absolute Gasteiger partial charge is 0.0461 e. The van der Waals surface area contributed by atoms with Gasteiger partial charge < -0.3 is 4.90 Å². The first-order valence-corrected chi connectivity index (χ1v) is 8.20. The molecule has 0 saturated carbocycles. The highest BCUT2D eigenvalue weighted by atomic mass is 15.1. The van der Waals surface area contributed by atoms with E-state index in [-0.39, 0.29) is 0 Å². The zero-order valence-electron chi connectivity index (χ0n) is 14.1. The van der Waals surface area contributed by atoms with Crippen molar-refractivity contribution in [2.45, 2.75) is 27.2 Å². The van der Waals surface area contributed by atoms with Gasteiger partial charge in [0.25, 0.3) is 0 Å². The van der Waals surface area contributed by atoms with Gasteiger partial charge in [0.2, 0.25) is 0 Å². The molecular formula is C22H23N. The highest BCUT2D eigenvalue weighted by molar-refractivity contribution is 5.76. The monoisotopic (exact) mass is 301 g/mol. The minimum Gasteiger partial charge on any atom is -0.311 e. The van der Waals surface area contributed by atoms with Crippen molar-refractivity contribution in [2.24, 2.45) is 0 Å². The minimum atomic E-state index is 1.06. The highest BCUT2D eigenvalue weighted by Gasteiger charge is 2.11. The molecule has 0 spiro atoms. The average Bonchev–Trinajstić information content (AvgIpc) is 2.59. The largest absolute Gasteiger partial charge is 0.311 e. The van der Waals surface area contributed by atoms with Crippen molar-refractivity contribution in [3.63, 3.8) is 0 Å². The molecule has 0 amide bonds. The Labute approximate surface area is 139 Å². The lowest BCUT2D eigenvalue weighted by Gasteiger charge is -2.26. The van der Waals surface area contributed by atoms with Gasteiger partial charge in [-0.2, -0.15) is 0 Å². The second-order valence-electron chi connectivity index (χ2n) is 6.03. The van der Waals surface area contributed by atoms with Crippen LogP contribution in [0.25, 0.3) is 0 Å². The first-order chi connectivity index (χ1) is 11.2. The number of hydrogen-bond donors (Lipinski definition) is 0. The molecular weight excluding hydrogens is 278 g/mol. The fourth-order valence-corrected chi connectivity index (χ4v) is 2.72. The second kappa shape index (κ2) is 6.70. The van der Waals surface area contributed by atoms with Crippen LogP contribution in [-0.4, -0.2) is 0 Å². The van der Waals surface area contributed by atoms with Crippen molar-refractivity contribution in [3.05, 3.63) is 89.5 Å². The lowest BCUT2D eigenvalue weighted by molar-refractivity contribution is 1.14. The second-order valence-corrected chi connectivity index (χ2v) is 6.03. The van der Waals surface area contributed by atoms with Gasteiger partial charge in [-0.15, -0.1) is 0 Å². The first-order valence-electron chi connectivity index (χ1n) is 8.20. The van der Waals surface area contributed by atoms with E-state index in [1.165, 1.54) is 33.8 Å². The van der Waals surface area contributed by atoms with E-state index in [9.17, 15) is 0 Å². The van der Waals surface area contributed by atoms with Crippen molar-refractivity contribution < 1.29 is 0 Å². The van der Waals surface area contributed by atoms with Crippen LogP contribution in [0.4, 0.5) is 17.1 Å². The molecule has 1 nitrogen and oxygen atoms in total. The third-order valence-corrected chi connectivity index (χ3v) is 4.19. The zero-order chi connectivity index (χ0) is 16.2. The molecule has 0 atom stereocenters. The van der Waals surface area contributed by atoms with Crippen molar-refractivity contribution >= 4 is 17.1 Å². The fraction of sp³-hybridized carbons (Fsp3) is 0.182. The lowest BCUT2D eigenvalue weighted by atomic mass is 10.1. The number of benzene rings is 3. The molecule has 3 rings (SSSR count). The Kier molecular flexibility index (Phi) is 4.47. The van der Waals surface area contributed by atoms with E-state index in [2.05, 4.69) is 98.5 Å². The maximum Gasteiger partial charge on any atom is 0.0461 e. The molecule has 0 unspecified atom stereocenters. The van der Waals surface area contributed by atoms with Crippen LogP contribution < -0.4 is 4.90 Å². The summed E-state index contributed by atoms with van der Waals surface area (Å²) in [7, 11) is 0. The molecule has 0 saturated heterocycles. The number of rotatable bonds is 4. The van der Waals surface area contributed by atoms with Crippen LogP contribution in [0.15, 0.2) is 72.8 Å². The maximum atomic E-state index is 2.30. The van der Waals surface area contributed by atoms with E-state index in [4.69, 9.17) is 0 Å². The van der Waals surface area contributed by atoms with Gasteiger partial charge >= 0.3 is 0 Å². The summed E-state index contributed by atoms with van der Waals surface area (Å²) in [5, 5.41) is 0. The summed E-state index contributed by atoms with van der Waals surface area (Å²) >= 11 is 0. The standard InChI is InChI=1S/C22H23N/c1-4-19-9-15-22(16-10-19)23(20-11-5-17(2)6-12-20)21-13-7-18(3)8-14-21/h5-16H,4H2,1-3H3. The van der Waals surface area contributed by atoms with Crippen molar-refractivity contribution in [1.82, 2.24) is 0 Å². The molecule has 3 aromatic carbocycles. The average molecular weight is 301 g/mol. The molecule has 0 N–H and O–H groups in total. The van der Waals surface area contributed by atoms with Crippen molar-refractivity contribution in [1.29, 1.82) is 0 Å². The van der Waals surface area contributed by atoms with E-state index >= 15 is 0 Å². The molecule has 3 aromatic rings. The highest BCUT2D eigenvalue weighted by Crippen LogP contribution is 2.34. The fourth-order valence-electron chi connectivity index (χ4n) is 2.72. The predicted octanol–water partition coefficient (Wildman–Crippen LogP) is 6.34. The summed E-state index contributed by atoms with van der Waals surface area (Å²) in [4.78, 5) is 2.30. The van der Waals surface area contributed by atoms with Crippen molar-refractivity contribution in [2.75, 3.05) is 4.90 Å². The van der Waals surface area contributed by atoms with Crippen LogP contribution in [0.5, 0.6) is 0 Å². The molecule has 0 aliphatic heterocycles. The summed E-state index contributed by atoms with van der Waals surface area (Å²) in [6.45, 7) is 6.43. The van der Waals surface area contributed by atoms with Gasteiger partial charge in [0, 0.05) is 17.1 Å². The van der Waals surface area contributed by atoms with Crippen LogP contribution in [0.1, 0.15) is 23.6 Å². The summed E-state index contributed by atoms with van der Waals surface area (Å²) in [5.41, 5.74) is 7.47. The van der Waals surface area contributed by atoms with E-state index in [0.717, 1.165) is 6.42 Å². The predicted molar refractivity (Wildman–Crippen MR) is 100.0 cm³/mol. The molecule has 0 aromatic heterocycles. The maximum absolute atomic E-state index is 2.30. The zero-order valence-corrected chi connectivity index (χ0v) is 14.1. The number of aryl methyl sites for hydroxylation is 3. The van der Waals surface area contributed by atoms with Crippen molar-refractivity contribution in [3.8, 4) is 0 Å². The topological polar surface area (TPSA) is 3.24 Å². The molecule has 1 heteroatoms. The molecule has 23 heavy (non-hydrogen) atoms. The van der Waals surface area contributed by atoms with Gasteiger partial charge in [-0.1, -0.05) is 54.4 Å². The summed E-state index contributed by atoms with van der Waals surface area (Å²) in [6.07, 6.45) is 1.06. The first kappa shape index (κ1) is 15.4. The summed E-state index contributed by atoms with van der Waals surface area (Å²) in [5.74, 6) is 0. The normalized spacial score (nSPS) is 10.6. The Balaban J connectivity index is 2.08. The number of anilines is 3. The molecule has 0 bridgehead atoms. The van der Waals surface area contributed by atoms with Crippen LogP contribution in [0.2, 0.25) is 0 Å². The molecule has 0 aliphatic rings. The number of nitrogens with zero attached hydrogens (tertiary/aromatic N) is 1. The van der Waals surface area contributed by atoms with Gasteiger partial charge in [0.15, 0.2) is 0 Å². The van der Waals surface area contributed by atoms with E-state index in [1.54, 1.807) is 0 Å². The van der Waals surface area contributed by atoms with E-state index < -0.39 is 0 Å². The molecule has 0 fully saturated rings. The number of hydrogen-bond acceptors (Lipinski definition) is 1. The minimum absolute atomic E-state index is 1.06. The van der Waals surface area contributed by atoms with E-state index in [1.807, 2.05) is 0 Å². The summed E-state index contributed by atoms with van der Waals surface area (Å²) < 4.78 is 0. The Morgan fingerprint density at radius 1 is 0.565 bits per heavy atom. The van der Waals surface area contributed by atoms with Crippen LogP contribution >= 0.6 is 0 Å². The van der Waals surface area contributed by atoms with Gasteiger partial charge in [-0.05, 0) is 62.2 Å². The Bertz CT molecular complexity index is 707. The third-order valence-electron chi connectivity index (χ3n) is 4.19.